The maximum atomic E-state index is 11.8. The molecule has 0 spiro atoms. The summed E-state index contributed by atoms with van der Waals surface area (Å²) >= 11 is 0. The van der Waals surface area contributed by atoms with Crippen molar-refractivity contribution in [3.63, 3.8) is 0 Å². The van der Waals surface area contributed by atoms with Crippen molar-refractivity contribution in [1.82, 2.24) is 0 Å². The number of anilines is 1. The molecule has 1 heterocycles. The highest BCUT2D eigenvalue weighted by molar-refractivity contribution is 5.89. The van der Waals surface area contributed by atoms with Crippen molar-refractivity contribution in [3.8, 4) is 11.8 Å². The van der Waals surface area contributed by atoms with Gasteiger partial charge in [0.15, 0.2) is 0 Å². The number of hydrogen-bond acceptors (Lipinski definition) is 5. The second kappa shape index (κ2) is 7.02. The molecule has 2 N–H and O–H groups in total. The number of carbonyl (C=O) groups is 1. The predicted octanol–water partition coefficient (Wildman–Crippen LogP) is 2.42. The number of rotatable bonds is 5. The SMILES string of the molecule is N#Cc1cccc(COc2ccc(N3CC(CN)OC3=O)cc2)c1. The molecule has 6 heteroatoms. The third-order valence-electron chi connectivity index (χ3n) is 3.75. The normalized spacial score (nSPS) is 16.6. The van der Waals surface area contributed by atoms with E-state index in [1.807, 2.05) is 12.1 Å². The van der Waals surface area contributed by atoms with Crippen LogP contribution < -0.4 is 15.4 Å². The van der Waals surface area contributed by atoms with Crippen molar-refractivity contribution in [1.29, 1.82) is 5.26 Å². The average Bonchev–Trinajstić information content (AvgIpc) is 3.01. The van der Waals surface area contributed by atoms with Crippen LogP contribution in [0, 0.1) is 11.3 Å². The molecule has 1 saturated heterocycles. The number of ether oxygens (including phenoxy) is 2. The van der Waals surface area contributed by atoms with E-state index in [-0.39, 0.29) is 12.2 Å². The lowest BCUT2D eigenvalue weighted by Gasteiger charge is -2.13. The molecule has 1 aliphatic rings. The van der Waals surface area contributed by atoms with Gasteiger partial charge >= 0.3 is 6.09 Å². The van der Waals surface area contributed by atoms with E-state index in [2.05, 4.69) is 6.07 Å². The molecule has 0 radical (unpaired) electrons. The van der Waals surface area contributed by atoms with Crippen molar-refractivity contribution in [2.75, 3.05) is 18.0 Å². The van der Waals surface area contributed by atoms with Crippen LogP contribution in [0.15, 0.2) is 48.5 Å². The Morgan fingerprint density at radius 2 is 2.08 bits per heavy atom. The van der Waals surface area contributed by atoms with Gasteiger partial charge in [0, 0.05) is 12.2 Å². The van der Waals surface area contributed by atoms with Gasteiger partial charge in [0.25, 0.3) is 0 Å². The molecule has 2 aromatic carbocycles. The van der Waals surface area contributed by atoms with Gasteiger partial charge in [-0.05, 0) is 42.0 Å². The van der Waals surface area contributed by atoms with E-state index in [0.29, 0.717) is 31.0 Å². The van der Waals surface area contributed by atoms with Crippen molar-refractivity contribution >= 4 is 11.8 Å². The topological polar surface area (TPSA) is 88.6 Å². The van der Waals surface area contributed by atoms with Crippen LogP contribution >= 0.6 is 0 Å². The van der Waals surface area contributed by atoms with E-state index in [1.54, 1.807) is 41.3 Å². The number of benzene rings is 2. The van der Waals surface area contributed by atoms with Crippen molar-refractivity contribution in [2.24, 2.45) is 5.73 Å². The fourth-order valence-corrected chi connectivity index (χ4v) is 2.47. The lowest BCUT2D eigenvalue weighted by atomic mass is 10.1. The Morgan fingerprint density at radius 1 is 1.29 bits per heavy atom. The zero-order valence-electron chi connectivity index (χ0n) is 13.0. The van der Waals surface area contributed by atoms with Crippen molar-refractivity contribution in [3.05, 3.63) is 59.7 Å². The Balaban J connectivity index is 1.62. The third-order valence-corrected chi connectivity index (χ3v) is 3.75. The minimum Gasteiger partial charge on any atom is -0.489 e. The van der Waals surface area contributed by atoms with Crippen LogP contribution in [0.4, 0.5) is 10.5 Å². The van der Waals surface area contributed by atoms with E-state index in [9.17, 15) is 4.79 Å². The van der Waals surface area contributed by atoms with Crippen LogP contribution in [0.3, 0.4) is 0 Å². The summed E-state index contributed by atoms with van der Waals surface area (Å²) in [4.78, 5) is 13.3. The van der Waals surface area contributed by atoms with Crippen LogP contribution in [0.2, 0.25) is 0 Å². The lowest BCUT2D eigenvalue weighted by molar-refractivity contribution is 0.145. The number of hydrogen-bond donors (Lipinski definition) is 1. The molecule has 24 heavy (non-hydrogen) atoms. The second-order valence-corrected chi connectivity index (χ2v) is 5.45. The van der Waals surface area contributed by atoms with Crippen molar-refractivity contribution in [2.45, 2.75) is 12.7 Å². The highest BCUT2D eigenvalue weighted by atomic mass is 16.6. The summed E-state index contributed by atoms with van der Waals surface area (Å²) < 4.78 is 10.9. The largest absolute Gasteiger partial charge is 0.489 e. The van der Waals surface area contributed by atoms with Gasteiger partial charge in [0.1, 0.15) is 18.5 Å². The molecule has 6 nitrogen and oxygen atoms in total. The third kappa shape index (κ3) is 3.47. The molecule has 0 bridgehead atoms. The zero-order chi connectivity index (χ0) is 16.9. The zero-order valence-corrected chi connectivity index (χ0v) is 13.0. The Hall–Kier alpha value is -3.04. The molecule has 1 aliphatic heterocycles. The van der Waals surface area contributed by atoms with E-state index in [0.717, 1.165) is 11.3 Å². The first-order chi connectivity index (χ1) is 11.7. The van der Waals surface area contributed by atoms with Crippen LogP contribution in [-0.2, 0) is 11.3 Å². The number of cyclic esters (lactones) is 1. The number of nitriles is 1. The molecule has 1 fully saturated rings. The standard InChI is InChI=1S/C18H17N3O3/c19-9-13-2-1-3-14(8-13)12-23-16-6-4-15(5-7-16)21-11-17(10-20)24-18(21)22/h1-8,17H,10-12,20H2. The van der Waals surface area contributed by atoms with Crippen LogP contribution in [0.1, 0.15) is 11.1 Å². The molecule has 3 rings (SSSR count). The van der Waals surface area contributed by atoms with Crippen LogP contribution in [0.5, 0.6) is 5.75 Å². The van der Waals surface area contributed by atoms with Gasteiger partial charge in [-0.2, -0.15) is 5.26 Å². The Labute approximate surface area is 140 Å². The molecule has 1 atom stereocenters. The first-order valence-electron chi connectivity index (χ1n) is 7.59. The number of amides is 1. The molecule has 1 amide bonds. The quantitative estimate of drug-likeness (QED) is 0.913. The summed E-state index contributed by atoms with van der Waals surface area (Å²) in [5.41, 5.74) is 7.81. The maximum Gasteiger partial charge on any atom is 0.414 e. The summed E-state index contributed by atoms with van der Waals surface area (Å²) in [6.07, 6.45) is -0.645. The smallest absolute Gasteiger partial charge is 0.414 e. The molecule has 0 saturated carbocycles. The number of carbonyl (C=O) groups excluding carboxylic acids is 1. The Morgan fingerprint density at radius 3 is 2.75 bits per heavy atom. The summed E-state index contributed by atoms with van der Waals surface area (Å²) in [6.45, 7) is 1.14. The Bertz CT molecular complexity index is 768. The first kappa shape index (κ1) is 15.8. The van der Waals surface area contributed by atoms with E-state index in [4.69, 9.17) is 20.5 Å². The fraction of sp³-hybridized carbons (Fsp3) is 0.222. The summed E-state index contributed by atoms with van der Waals surface area (Å²) in [5, 5.41) is 8.90. The molecular formula is C18H17N3O3. The summed E-state index contributed by atoms with van der Waals surface area (Å²) in [6, 6.07) is 16.6. The minimum absolute atomic E-state index is 0.263. The van der Waals surface area contributed by atoms with E-state index < -0.39 is 0 Å². The molecule has 0 aromatic heterocycles. The molecule has 2 aromatic rings. The lowest BCUT2D eigenvalue weighted by Crippen LogP contribution is -2.27. The highest BCUT2D eigenvalue weighted by Crippen LogP contribution is 2.24. The van der Waals surface area contributed by atoms with Crippen LogP contribution in [0.25, 0.3) is 0 Å². The van der Waals surface area contributed by atoms with Gasteiger partial charge in [0.05, 0.1) is 18.2 Å². The monoisotopic (exact) mass is 323 g/mol. The van der Waals surface area contributed by atoms with Gasteiger partial charge in [-0.1, -0.05) is 12.1 Å². The Kier molecular flexibility index (Phi) is 4.64. The minimum atomic E-state index is -0.382. The van der Waals surface area contributed by atoms with Gasteiger partial charge in [-0.25, -0.2) is 4.79 Å². The number of nitrogens with two attached hydrogens (primary N) is 1. The molecule has 0 aliphatic carbocycles. The molecule has 1 unspecified atom stereocenters. The summed E-state index contributed by atoms with van der Waals surface area (Å²) in [5.74, 6) is 0.684. The predicted molar refractivity (Wildman–Crippen MR) is 88.6 cm³/mol. The first-order valence-corrected chi connectivity index (χ1v) is 7.59. The van der Waals surface area contributed by atoms with Gasteiger partial charge in [0.2, 0.25) is 0 Å². The number of nitrogens with zero attached hydrogens (tertiary/aromatic N) is 2. The van der Waals surface area contributed by atoms with Crippen LogP contribution in [-0.4, -0.2) is 25.3 Å². The van der Waals surface area contributed by atoms with Crippen molar-refractivity contribution < 1.29 is 14.3 Å². The molecule has 122 valence electrons. The average molecular weight is 323 g/mol. The van der Waals surface area contributed by atoms with E-state index in [1.165, 1.54) is 0 Å². The van der Waals surface area contributed by atoms with Gasteiger partial charge < -0.3 is 15.2 Å². The van der Waals surface area contributed by atoms with Gasteiger partial charge in [-0.15, -0.1) is 0 Å². The van der Waals surface area contributed by atoms with Gasteiger partial charge in [-0.3, -0.25) is 4.90 Å². The maximum absolute atomic E-state index is 11.8. The van der Waals surface area contributed by atoms with E-state index >= 15 is 0 Å². The molecular weight excluding hydrogens is 306 g/mol. The highest BCUT2D eigenvalue weighted by Gasteiger charge is 2.31. The fourth-order valence-electron chi connectivity index (χ4n) is 2.47. The summed E-state index contributed by atoms with van der Waals surface area (Å²) in [7, 11) is 0. The second-order valence-electron chi connectivity index (χ2n) is 5.45.